The molecule has 0 radical (unpaired) electrons. The lowest BCUT2D eigenvalue weighted by molar-refractivity contribution is -0.127. The maximum atomic E-state index is 11.9. The van der Waals surface area contributed by atoms with Crippen molar-refractivity contribution >= 4 is 5.91 Å². The number of aryl methyl sites for hydroxylation is 1. The third kappa shape index (κ3) is 4.05. The summed E-state index contributed by atoms with van der Waals surface area (Å²) in [7, 11) is 0. The van der Waals surface area contributed by atoms with E-state index in [1.165, 1.54) is 0 Å². The summed E-state index contributed by atoms with van der Waals surface area (Å²) < 4.78 is 5.84. The van der Waals surface area contributed by atoms with Gasteiger partial charge >= 0.3 is 0 Å². The van der Waals surface area contributed by atoms with Gasteiger partial charge in [0.1, 0.15) is 11.9 Å². The normalized spacial score (nSPS) is 15.8. The fourth-order valence-electron chi connectivity index (χ4n) is 2.20. The van der Waals surface area contributed by atoms with Crippen LogP contribution in [0.3, 0.4) is 0 Å². The molecule has 0 N–H and O–H groups in total. The molecule has 0 bridgehead atoms. The van der Waals surface area contributed by atoms with Crippen molar-refractivity contribution in [2.45, 2.75) is 39.7 Å². The van der Waals surface area contributed by atoms with Gasteiger partial charge in [-0.3, -0.25) is 4.79 Å². The number of nitrogens with zero attached hydrogens (tertiary/aromatic N) is 3. The average Bonchev–Trinajstić information content (AvgIpc) is 2.38. The summed E-state index contributed by atoms with van der Waals surface area (Å²) in [5.41, 5.74) is 1.03. The molecular weight excluding hydrogens is 254 g/mol. The smallest absolute Gasteiger partial charge is 0.246 e. The summed E-state index contributed by atoms with van der Waals surface area (Å²) in [4.78, 5) is 22.1. The van der Waals surface area contributed by atoms with Gasteiger partial charge in [-0.1, -0.05) is 5.57 Å². The Balaban J connectivity index is 1.85. The van der Waals surface area contributed by atoms with Crippen molar-refractivity contribution < 1.29 is 9.53 Å². The molecular formula is C15H21N3O2. The predicted molar refractivity (Wildman–Crippen MR) is 76.4 cm³/mol. The SMILES string of the molecule is CC(C)=CC(=O)N1CCC(Oc2ccnc(C)n2)CC1. The first-order chi connectivity index (χ1) is 9.54. The van der Waals surface area contributed by atoms with E-state index in [2.05, 4.69) is 9.97 Å². The quantitative estimate of drug-likeness (QED) is 0.793. The van der Waals surface area contributed by atoms with E-state index in [1.54, 1.807) is 18.3 Å². The first kappa shape index (κ1) is 14.5. The van der Waals surface area contributed by atoms with Crippen LogP contribution in [0.15, 0.2) is 23.9 Å². The minimum Gasteiger partial charge on any atom is -0.474 e. The zero-order valence-corrected chi connectivity index (χ0v) is 12.3. The highest BCUT2D eigenvalue weighted by Gasteiger charge is 2.23. The summed E-state index contributed by atoms with van der Waals surface area (Å²) in [5, 5.41) is 0. The van der Waals surface area contributed by atoms with Crippen LogP contribution in [0.2, 0.25) is 0 Å². The molecule has 0 aliphatic carbocycles. The maximum Gasteiger partial charge on any atom is 0.246 e. The van der Waals surface area contributed by atoms with Gasteiger partial charge in [0.25, 0.3) is 0 Å². The summed E-state index contributed by atoms with van der Waals surface area (Å²) in [6.45, 7) is 7.18. The number of amides is 1. The highest BCUT2D eigenvalue weighted by molar-refractivity contribution is 5.88. The van der Waals surface area contributed by atoms with Crippen LogP contribution in [0.1, 0.15) is 32.5 Å². The number of piperidine rings is 1. The van der Waals surface area contributed by atoms with Crippen LogP contribution < -0.4 is 4.74 Å². The zero-order valence-electron chi connectivity index (χ0n) is 12.3. The monoisotopic (exact) mass is 275 g/mol. The van der Waals surface area contributed by atoms with Gasteiger partial charge in [-0.05, 0) is 20.8 Å². The van der Waals surface area contributed by atoms with Crippen LogP contribution in [-0.4, -0.2) is 40.0 Å². The molecule has 1 aliphatic heterocycles. The van der Waals surface area contributed by atoms with E-state index < -0.39 is 0 Å². The highest BCUT2D eigenvalue weighted by atomic mass is 16.5. The molecule has 1 amide bonds. The number of allylic oxidation sites excluding steroid dienone is 1. The van der Waals surface area contributed by atoms with Gasteiger partial charge in [0.05, 0.1) is 0 Å². The van der Waals surface area contributed by atoms with E-state index in [4.69, 9.17) is 4.74 Å². The standard InChI is InChI=1S/C15H21N3O2/c1-11(2)10-15(19)18-8-5-13(6-9-18)20-14-4-7-16-12(3)17-14/h4,7,10,13H,5-6,8-9H2,1-3H3. The van der Waals surface area contributed by atoms with Crippen LogP contribution in [-0.2, 0) is 4.79 Å². The van der Waals surface area contributed by atoms with Crippen molar-refractivity contribution in [1.82, 2.24) is 14.9 Å². The van der Waals surface area contributed by atoms with Crippen molar-refractivity contribution in [2.24, 2.45) is 0 Å². The zero-order chi connectivity index (χ0) is 14.5. The number of hydrogen-bond donors (Lipinski definition) is 0. The van der Waals surface area contributed by atoms with Gasteiger partial charge in [-0.2, -0.15) is 4.98 Å². The van der Waals surface area contributed by atoms with Crippen molar-refractivity contribution in [1.29, 1.82) is 0 Å². The predicted octanol–water partition coefficient (Wildman–Crippen LogP) is 2.12. The lowest BCUT2D eigenvalue weighted by atomic mass is 10.1. The minimum atomic E-state index is 0.0985. The van der Waals surface area contributed by atoms with Crippen LogP contribution in [0.4, 0.5) is 0 Å². The number of carbonyl (C=O) groups is 1. The molecule has 1 aromatic rings. The molecule has 1 saturated heterocycles. The lowest BCUT2D eigenvalue weighted by Crippen LogP contribution is -2.41. The van der Waals surface area contributed by atoms with Crippen molar-refractivity contribution in [2.75, 3.05) is 13.1 Å². The number of hydrogen-bond acceptors (Lipinski definition) is 4. The third-order valence-corrected chi connectivity index (χ3v) is 3.20. The summed E-state index contributed by atoms with van der Waals surface area (Å²) >= 11 is 0. The Labute approximate surface area is 119 Å². The van der Waals surface area contributed by atoms with Gasteiger partial charge in [-0.15, -0.1) is 0 Å². The number of carbonyl (C=O) groups excluding carboxylic acids is 1. The third-order valence-electron chi connectivity index (χ3n) is 3.20. The molecule has 0 aromatic carbocycles. The number of aromatic nitrogens is 2. The van der Waals surface area contributed by atoms with Crippen LogP contribution in [0, 0.1) is 6.92 Å². The fraction of sp³-hybridized carbons (Fsp3) is 0.533. The van der Waals surface area contributed by atoms with Gasteiger partial charge in [0, 0.05) is 44.3 Å². The number of rotatable bonds is 3. The summed E-state index contributed by atoms with van der Waals surface area (Å²) in [6, 6.07) is 1.77. The van der Waals surface area contributed by atoms with Gasteiger partial charge in [-0.25, -0.2) is 4.98 Å². The second-order valence-electron chi connectivity index (χ2n) is 5.31. The summed E-state index contributed by atoms with van der Waals surface area (Å²) in [6.07, 6.45) is 5.19. The molecule has 0 saturated carbocycles. The van der Waals surface area contributed by atoms with Crippen LogP contribution >= 0.6 is 0 Å². The Morgan fingerprint density at radius 1 is 1.40 bits per heavy atom. The molecule has 1 aromatic heterocycles. The molecule has 5 heteroatoms. The summed E-state index contributed by atoms with van der Waals surface area (Å²) in [5.74, 6) is 1.42. The van der Waals surface area contributed by atoms with Crippen molar-refractivity contribution in [3.8, 4) is 5.88 Å². The molecule has 0 atom stereocenters. The Kier molecular flexibility index (Phi) is 4.71. The maximum absolute atomic E-state index is 11.9. The molecule has 0 unspecified atom stereocenters. The van der Waals surface area contributed by atoms with E-state index in [9.17, 15) is 4.79 Å². The van der Waals surface area contributed by atoms with E-state index in [0.29, 0.717) is 11.7 Å². The molecule has 1 aliphatic rings. The Morgan fingerprint density at radius 3 is 2.70 bits per heavy atom. The second-order valence-corrected chi connectivity index (χ2v) is 5.31. The van der Waals surface area contributed by atoms with Gasteiger partial charge in [0.15, 0.2) is 0 Å². The first-order valence-electron chi connectivity index (χ1n) is 6.94. The molecule has 2 rings (SSSR count). The van der Waals surface area contributed by atoms with E-state index in [-0.39, 0.29) is 12.0 Å². The molecule has 5 nitrogen and oxygen atoms in total. The molecule has 108 valence electrons. The van der Waals surface area contributed by atoms with Crippen molar-refractivity contribution in [3.05, 3.63) is 29.7 Å². The second kappa shape index (κ2) is 6.50. The van der Waals surface area contributed by atoms with E-state index >= 15 is 0 Å². The fourth-order valence-corrected chi connectivity index (χ4v) is 2.20. The van der Waals surface area contributed by atoms with Gasteiger partial charge < -0.3 is 9.64 Å². The molecule has 20 heavy (non-hydrogen) atoms. The molecule has 1 fully saturated rings. The topological polar surface area (TPSA) is 55.3 Å². The highest BCUT2D eigenvalue weighted by Crippen LogP contribution is 2.17. The molecule has 2 heterocycles. The van der Waals surface area contributed by atoms with Crippen LogP contribution in [0.5, 0.6) is 5.88 Å². The number of likely N-dealkylation sites (tertiary alicyclic amines) is 1. The lowest BCUT2D eigenvalue weighted by Gasteiger charge is -2.31. The van der Waals surface area contributed by atoms with E-state index in [0.717, 1.165) is 31.5 Å². The van der Waals surface area contributed by atoms with Gasteiger partial charge in [0.2, 0.25) is 11.8 Å². The Morgan fingerprint density at radius 2 is 2.10 bits per heavy atom. The van der Waals surface area contributed by atoms with Crippen LogP contribution in [0.25, 0.3) is 0 Å². The first-order valence-corrected chi connectivity index (χ1v) is 6.94. The van der Waals surface area contributed by atoms with E-state index in [1.807, 2.05) is 25.7 Å². The average molecular weight is 275 g/mol. The molecule has 0 spiro atoms. The minimum absolute atomic E-state index is 0.0985. The van der Waals surface area contributed by atoms with Crippen molar-refractivity contribution in [3.63, 3.8) is 0 Å². The Bertz CT molecular complexity index is 502. The number of ether oxygens (including phenoxy) is 1. The largest absolute Gasteiger partial charge is 0.474 e. The Hall–Kier alpha value is -1.91.